The maximum Gasteiger partial charge on any atom is 0.269 e. The highest BCUT2D eigenvalue weighted by atomic mass is 16.7. The number of hydrogen-bond acceptors (Lipinski definition) is 6. The summed E-state index contributed by atoms with van der Waals surface area (Å²) in [6, 6.07) is 5.20. The zero-order chi connectivity index (χ0) is 18.4. The lowest BCUT2D eigenvalue weighted by Gasteiger charge is -2.21. The van der Waals surface area contributed by atoms with Crippen molar-refractivity contribution in [3.8, 4) is 11.5 Å². The topological polar surface area (TPSA) is 89.5 Å². The highest BCUT2D eigenvalue weighted by Crippen LogP contribution is 2.36. The van der Waals surface area contributed by atoms with Crippen LogP contribution in [0.2, 0.25) is 0 Å². The molecule has 8 heteroatoms. The molecule has 1 saturated carbocycles. The number of likely N-dealkylation sites (tertiary alicyclic amines) is 1. The van der Waals surface area contributed by atoms with E-state index in [1.54, 1.807) is 23.1 Å². The van der Waals surface area contributed by atoms with Crippen LogP contribution in [-0.2, 0) is 9.63 Å². The number of rotatable bonds is 4. The summed E-state index contributed by atoms with van der Waals surface area (Å²) in [5.41, 5.74) is 0.392. The fraction of sp³-hybridized carbons (Fsp3) is 0.526. The van der Waals surface area contributed by atoms with Gasteiger partial charge in [-0.05, 0) is 37.0 Å². The average Bonchev–Trinajstić information content (AvgIpc) is 3.09. The summed E-state index contributed by atoms with van der Waals surface area (Å²) in [7, 11) is 0. The molecule has 1 saturated heterocycles. The number of ether oxygens (including phenoxy) is 2. The smallest absolute Gasteiger partial charge is 0.269 e. The van der Waals surface area contributed by atoms with Gasteiger partial charge in [0, 0.05) is 31.5 Å². The number of carbonyl (C=O) groups excluding carboxylic acids is 2. The summed E-state index contributed by atoms with van der Waals surface area (Å²) in [6.07, 6.45) is 3.47. The molecular formula is C19H21N3O5. The van der Waals surface area contributed by atoms with Crippen LogP contribution in [0, 0.1) is 5.92 Å². The lowest BCUT2D eigenvalue weighted by Crippen LogP contribution is -2.38. The maximum atomic E-state index is 12.8. The molecule has 4 aliphatic rings. The van der Waals surface area contributed by atoms with Gasteiger partial charge in [0.1, 0.15) is 5.71 Å². The molecular weight excluding hydrogens is 350 g/mol. The monoisotopic (exact) mass is 371 g/mol. The molecule has 8 nitrogen and oxygen atoms in total. The largest absolute Gasteiger partial charge is 0.454 e. The Morgan fingerprint density at radius 3 is 2.96 bits per heavy atom. The van der Waals surface area contributed by atoms with Gasteiger partial charge in [0.05, 0.1) is 6.54 Å². The van der Waals surface area contributed by atoms with Gasteiger partial charge in [0.15, 0.2) is 17.1 Å². The van der Waals surface area contributed by atoms with E-state index in [0.29, 0.717) is 61.2 Å². The lowest BCUT2D eigenvalue weighted by atomic mass is 9.96. The number of carbonyl (C=O) groups is 2. The lowest BCUT2D eigenvalue weighted by molar-refractivity contribution is -0.115. The SMILES string of the molecule is O=C(NCC1CC1)C1=NOC2(CCN(C(=O)c3ccc4c(c3)OCO4)C2)C1. The number of nitrogens with zero attached hydrogens (tertiary/aromatic N) is 2. The van der Waals surface area contributed by atoms with E-state index in [2.05, 4.69) is 10.5 Å². The van der Waals surface area contributed by atoms with Gasteiger partial charge in [-0.3, -0.25) is 9.59 Å². The van der Waals surface area contributed by atoms with Crippen molar-refractivity contribution in [2.75, 3.05) is 26.4 Å². The van der Waals surface area contributed by atoms with Gasteiger partial charge < -0.3 is 24.5 Å². The summed E-state index contributed by atoms with van der Waals surface area (Å²) in [5.74, 6) is 1.62. The zero-order valence-corrected chi connectivity index (χ0v) is 14.9. The summed E-state index contributed by atoms with van der Waals surface area (Å²) in [5, 5.41) is 6.93. The quantitative estimate of drug-likeness (QED) is 0.862. The van der Waals surface area contributed by atoms with Crippen molar-refractivity contribution in [2.24, 2.45) is 11.1 Å². The fourth-order valence-electron chi connectivity index (χ4n) is 3.75. The predicted molar refractivity (Wildman–Crippen MR) is 94.7 cm³/mol. The number of amides is 2. The Balaban J connectivity index is 1.21. The minimum atomic E-state index is -0.585. The van der Waals surface area contributed by atoms with Crippen molar-refractivity contribution in [1.29, 1.82) is 0 Å². The minimum absolute atomic E-state index is 0.0830. The van der Waals surface area contributed by atoms with E-state index < -0.39 is 5.60 Å². The molecule has 3 aliphatic heterocycles. The van der Waals surface area contributed by atoms with Gasteiger partial charge in [-0.2, -0.15) is 0 Å². The third-order valence-corrected chi connectivity index (χ3v) is 5.57. The second-order valence-corrected chi connectivity index (χ2v) is 7.69. The van der Waals surface area contributed by atoms with E-state index in [4.69, 9.17) is 14.3 Å². The molecule has 0 radical (unpaired) electrons. The van der Waals surface area contributed by atoms with Crippen molar-refractivity contribution in [3.63, 3.8) is 0 Å². The van der Waals surface area contributed by atoms with Crippen LogP contribution in [0.1, 0.15) is 36.0 Å². The summed E-state index contributed by atoms with van der Waals surface area (Å²) in [4.78, 5) is 32.5. The van der Waals surface area contributed by atoms with Crippen LogP contribution in [0.25, 0.3) is 0 Å². The first kappa shape index (κ1) is 16.4. The van der Waals surface area contributed by atoms with Crippen molar-refractivity contribution >= 4 is 17.5 Å². The predicted octanol–water partition coefficient (Wildman–Crippen LogP) is 1.30. The Morgan fingerprint density at radius 1 is 1.26 bits per heavy atom. The third kappa shape index (κ3) is 3.09. The van der Waals surface area contributed by atoms with Crippen molar-refractivity contribution in [1.82, 2.24) is 10.2 Å². The van der Waals surface area contributed by atoms with Crippen molar-refractivity contribution < 1.29 is 23.9 Å². The molecule has 27 heavy (non-hydrogen) atoms. The summed E-state index contributed by atoms with van der Waals surface area (Å²) >= 11 is 0. The minimum Gasteiger partial charge on any atom is -0.454 e. The molecule has 1 atom stereocenters. The standard InChI is InChI=1S/C19H21N3O5/c23-17(20-9-12-1-2-12)14-8-19(27-21-14)5-6-22(10-19)18(24)13-3-4-15-16(7-13)26-11-25-15/h3-4,7,12H,1-2,5-6,8-11H2,(H,20,23). The third-order valence-electron chi connectivity index (χ3n) is 5.57. The summed E-state index contributed by atoms with van der Waals surface area (Å²) in [6.45, 7) is 1.87. The van der Waals surface area contributed by atoms with E-state index in [1.165, 1.54) is 12.8 Å². The molecule has 0 aromatic heterocycles. The van der Waals surface area contributed by atoms with Crippen LogP contribution in [0.5, 0.6) is 11.5 Å². The first-order valence-electron chi connectivity index (χ1n) is 9.34. The molecule has 1 unspecified atom stereocenters. The Bertz CT molecular complexity index is 835. The van der Waals surface area contributed by atoms with E-state index in [1.807, 2.05) is 0 Å². The Morgan fingerprint density at radius 2 is 2.11 bits per heavy atom. The van der Waals surface area contributed by atoms with Gasteiger partial charge in [-0.15, -0.1) is 0 Å². The van der Waals surface area contributed by atoms with Gasteiger partial charge in [0.2, 0.25) is 6.79 Å². The number of fused-ring (bicyclic) bond motifs is 1. The number of oxime groups is 1. The Labute approximate surface area is 156 Å². The van der Waals surface area contributed by atoms with Gasteiger partial charge in [-0.25, -0.2) is 0 Å². The second kappa shape index (κ2) is 6.14. The van der Waals surface area contributed by atoms with E-state index in [9.17, 15) is 9.59 Å². The first-order valence-corrected chi connectivity index (χ1v) is 9.34. The Hall–Kier alpha value is -2.77. The van der Waals surface area contributed by atoms with Crippen LogP contribution in [-0.4, -0.2) is 54.5 Å². The van der Waals surface area contributed by atoms with E-state index >= 15 is 0 Å². The van der Waals surface area contributed by atoms with Crippen molar-refractivity contribution in [2.45, 2.75) is 31.3 Å². The number of benzene rings is 1. The van der Waals surface area contributed by atoms with Crippen LogP contribution in [0.3, 0.4) is 0 Å². The number of hydrogen-bond donors (Lipinski definition) is 1. The molecule has 1 N–H and O–H groups in total. The van der Waals surface area contributed by atoms with Gasteiger partial charge in [0.25, 0.3) is 11.8 Å². The van der Waals surface area contributed by atoms with E-state index in [0.717, 1.165) is 0 Å². The maximum absolute atomic E-state index is 12.8. The molecule has 1 spiro atoms. The molecule has 2 amide bonds. The highest BCUT2D eigenvalue weighted by molar-refractivity contribution is 6.39. The summed E-state index contributed by atoms with van der Waals surface area (Å²) < 4.78 is 10.6. The van der Waals surface area contributed by atoms with Crippen LogP contribution in [0.15, 0.2) is 23.4 Å². The molecule has 142 valence electrons. The normalized spacial score (nSPS) is 25.5. The molecule has 1 aliphatic carbocycles. The second-order valence-electron chi connectivity index (χ2n) is 7.69. The average molecular weight is 371 g/mol. The first-order chi connectivity index (χ1) is 13.1. The molecule has 1 aromatic carbocycles. The molecule has 5 rings (SSSR count). The van der Waals surface area contributed by atoms with Crippen molar-refractivity contribution in [3.05, 3.63) is 23.8 Å². The van der Waals surface area contributed by atoms with Crippen LogP contribution >= 0.6 is 0 Å². The number of nitrogens with one attached hydrogen (secondary N) is 1. The molecule has 0 bridgehead atoms. The Kier molecular flexibility index (Phi) is 3.73. The molecule has 2 fully saturated rings. The fourth-order valence-corrected chi connectivity index (χ4v) is 3.75. The van der Waals surface area contributed by atoms with Gasteiger partial charge in [-0.1, -0.05) is 5.16 Å². The zero-order valence-electron chi connectivity index (χ0n) is 14.9. The molecule has 1 aromatic rings. The van der Waals surface area contributed by atoms with E-state index in [-0.39, 0.29) is 18.6 Å². The molecule has 3 heterocycles. The van der Waals surface area contributed by atoms with Crippen LogP contribution in [0.4, 0.5) is 0 Å². The highest BCUT2D eigenvalue weighted by Gasteiger charge is 2.48. The van der Waals surface area contributed by atoms with Crippen LogP contribution < -0.4 is 14.8 Å². The van der Waals surface area contributed by atoms with Gasteiger partial charge >= 0.3 is 0 Å².